The lowest BCUT2D eigenvalue weighted by molar-refractivity contribution is -0.132. The van der Waals surface area contributed by atoms with E-state index in [2.05, 4.69) is 4.98 Å². The molecule has 0 bridgehead atoms. The third-order valence-electron chi connectivity index (χ3n) is 6.37. The number of aromatic nitrogens is 1. The lowest BCUT2D eigenvalue weighted by Gasteiger charge is -2.26. The van der Waals surface area contributed by atoms with E-state index in [1.807, 2.05) is 56.3 Å². The summed E-state index contributed by atoms with van der Waals surface area (Å²) in [5.41, 5.74) is 3.39. The molecule has 1 aliphatic rings. The van der Waals surface area contributed by atoms with Gasteiger partial charge in [-0.1, -0.05) is 36.4 Å². The maximum absolute atomic E-state index is 13.5. The first-order chi connectivity index (χ1) is 17.4. The van der Waals surface area contributed by atoms with E-state index in [4.69, 9.17) is 9.47 Å². The van der Waals surface area contributed by atoms with Gasteiger partial charge in [-0.25, -0.2) is 0 Å². The van der Waals surface area contributed by atoms with Crippen molar-refractivity contribution >= 4 is 34.0 Å². The average molecular weight is 483 g/mol. The number of aryl methyl sites for hydroxylation is 1. The van der Waals surface area contributed by atoms with Crippen LogP contribution in [-0.4, -0.2) is 35.5 Å². The Hall–Kier alpha value is -4.52. The summed E-state index contributed by atoms with van der Waals surface area (Å²) in [5, 5.41) is 12.3. The number of nitrogens with zero attached hydrogens (tertiary/aromatic N) is 1. The van der Waals surface area contributed by atoms with Gasteiger partial charge in [0, 0.05) is 28.4 Å². The number of Topliss-reactive ketones (excluding diaryl/α,β-unsaturated/α-hetero) is 1. The largest absolute Gasteiger partial charge is 0.507 e. The summed E-state index contributed by atoms with van der Waals surface area (Å²) in [6, 6.07) is 19.3. The van der Waals surface area contributed by atoms with Crippen molar-refractivity contribution < 1.29 is 24.2 Å². The van der Waals surface area contributed by atoms with Crippen molar-refractivity contribution in [2.24, 2.45) is 0 Å². The van der Waals surface area contributed by atoms with Gasteiger partial charge in [-0.2, -0.15) is 0 Å². The number of anilines is 1. The molecule has 182 valence electrons. The number of hydrogen-bond donors (Lipinski definition) is 2. The zero-order chi connectivity index (χ0) is 25.4. The number of carbonyl (C=O) groups is 2. The number of para-hydroxylation sites is 1. The van der Waals surface area contributed by atoms with Crippen LogP contribution in [0, 0.1) is 6.92 Å². The Labute approximate surface area is 208 Å². The van der Waals surface area contributed by atoms with Gasteiger partial charge < -0.3 is 19.6 Å². The minimum Gasteiger partial charge on any atom is -0.507 e. The predicted octanol–water partition coefficient (Wildman–Crippen LogP) is 5.51. The fraction of sp³-hybridized carbons (Fsp3) is 0.172. The molecule has 1 amide bonds. The highest BCUT2D eigenvalue weighted by Crippen LogP contribution is 2.44. The number of nitrogens with one attached hydrogen (secondary N) is 1. The van der Waals surface area contributed by atoms with Gasteiger partial charge in [0.1, 0.15) is 5.76 Å². The Kier molecular flexibility index (Phi) is 5.98. The van der Waals surface area contributed by atoms with Crippen LogP contribution in [0.1, 0.15) is 29.7 Å². The van der Waals surface area contributed by atoms with Crippen molar-refractivity contribution in [1.29, 1.82) is 0 Å². The fourth-order valence-corrected chi connectivity index (χ4v) is 4.73. The quantitative estimate of drug-likeness (QED) is 0.215. The van der Waals surface area contributed by atoms with Crippen LogP contribution in [0.4, 0.5) is 5.69 Å². The van der Waals surface area contributed by atoms with E-state index in [0.29, 0.717) is 34.9 Å². The fourth-order valence-electron chi connectivity index (χ4n) is 4.73. The van der Waals surface area contributed by atoms with E-state index in [1.54, 1.807) is 30.5 Å². The molecule has 1 fully saturated rings. The average Bonchev–Trinajstić information content (AvgIpc) is 3.43. The molecule has 2 N–H and O–H groups in total. The number of aliphatic hydroxyl groups is 1. The molecule has 4 aromatic rings. The van der Waals surface area contributed by atoms with Crippen LogP contribution >= 0.6 is 0 Å². The number of benzene rings is 3. The lowest BCUT2D eigenvalue weighted by atomic mass is 9.94. The van der Waals surface area contributed by atoms with Crippen LogP contribution in [-0.2, 0) is 9.59 Å². The Morgan fingerprint density at radius 3 is 2.58 bits per heavy atom. The number of aromatic amines is 1. The van der Waals surface area contributed by atoms with Crippen LogP contribution in [0.15, 0.2) is 78.5 Å². The number of fused-ring (bicyclic) bond motifs is 1. The zero-order valence-corrected chi connectivity index (χ0v) is 20.2. The molecule has 0 spiro atoms. The van der Waals surface area contributed by atoms with Crippen molar-refractivity contribution in [3.05, 3.63) is 95.2 Å². The Balaban J connectivity index is 1.76. The number of methoxy groups -OCH3 is 1. The molecule has 36 heavy (non-hydrogen) atoms. The number of carbonyl (C=O) groups excluding carboxylic acids is 2. The molecule has 7 nitrogen and oxygen atoms in total. The van der Waals surface area contributed by atoms with E-state index in [0.717, 1.165) is 16.5 Å². The molecule has 1 aromatic heterocycles. The first-order valence-corrected chi connectivity index (χ1v) is 11.7. The van der Waals surface area contributed by atoms with E-state index in [-0.39, 0.29) is 11.3 Å². The van der Waals surface area contributed by atoms with Crippen LogP contribution in [0.5, 0.6) is 11.5 Å². The second kappa shape index (κ2) is 9.26. The SMILES string of the molecule is CCOc1ccc(C2/C(=C(/O)c3c[nH]c4ccccc34)C(=O)C(=O)N2c2cccc(C)c2)cc1OC. The minimum absolute atomic E-state index is 0.0115. The monoisotopic (exact) mass is 482 g/mol. The second-order valence-corrected chi connectivity index (χ2v) is 8.60. The highest BCUT2D eigenvalue weighted by atomic mass is 16.5. The summed E-state index contributed by atoms with van der Waals surface area (Å²) in [4.78, 5) is 31.5. The molecule has 7 heteroatoms. The zero-order valence-electron chi connectivity index (χ0n) is 20.2. The minimum atomic E-state index is -0.870. The number of H-pyrrole nitrogens is 1. The van der Waals surface area contributed by atoms with Crippen molar-refractivity contribution in [1.82, 2.24) is 4.98 Å². The van der Waals surface area contributed by atoms with Gasteiger partial charge in [0.05, 0.1) is 25.3 Å². The summed E-state index contributed by atoms with van der Waals surface area (Å²) in [6.45, 7) is 4.25. The summed E-state index contributed by atoms with van der Waals surface area (Å²) < 4.78 is 11.2. The third-order valence-corrected chi connectivity index (χ3v) is 6.37. The normalized spacial score (nSPS) is 17.1. The molecule has 2 heterocycles. The van der Waals surface area contributed by atoms with Gasteiger partial charge in [-0.15, -0.1) is 0 Å². The maximum Gasteiger partial charge on any atom is 0.300 e. The van der Waals surface area contributed by atoms with E-state index >= 15 is 0 Å². The number of hydrogen-bond acceptors (Lipinski definition) is 5. The molecule has 3 aromatic carbocycles. The van der Waals surface area contributed by atoms with E-state index in [9.17, 15) is 14.7 Å². The third kappa shape index (κ3) is 3.79. The standard InChI is InChI=1S/C29H26N2O5/c1-4-36-23-13-12-18(15-24(23)35-3)26-25(27(32)21-16-30-22-11-6-5-10-20(21)22)28(33)29(34)31(26)19-9-7-8-17(2)14-19/h5-16,26,30,32H,4H2,1-3H3/b27-25-. The van der Waals surface area contributed by atoms with Gasteiger partial charge >= 0.3 is 0 Å². The number of rotatable bonds is 6. The van der Waals surface area contributed by atoms with Crippen LogP contribution in [0.25, 0.3) is 16.7 Å². The maximum atomic E-state index is 13.5. The van der Waals surface area contributed by atoms with Gasteiger partial charge in [0.15, 0.2) is 11.5 Å². The molecular formula is C29H26N2O5. The number of aliphatic hydroxyl groups excluding tert-OH is 1. The molecule has 1 atom stereocenters. The lowest BCUT2D eigenvalue weighted by Crippen LogP contribution is -2.29. The van der Waals surface area contributed by atoms with Crippen molar-refractivity contribution in [2.75, 3.05) is 18.6 Å². The van der Waals surface area contributed by atoms with Gasteiger partial charge in [0.25, 0.3) is 11.7 Å². The number of amides is 1. The van der Waals surface area contributed by atoms with Crippen LogP contribution < -0.4 is 14.4 Å². The van der Waals surface area contributed by atoms with E-state index < -0.39 is 17.7 Å². The van der Waals surface area contributed by atoms with Crippen molar-refractivity contribution in [3.8, 4) is 11.5 Å². The van der Waals surface area contributed by atoms with E-state index in [1.165, 1.54) is 12.0 Å². The highest BCUT2D eigenvalue weighted by Gasteiger charge is 2.47. The second-order valence-electron chi connectivity index (χ2n) is 8.60. The van der Waals surface area contributed by atoms with Crippen molar-refractivity contribution in [3.63, 3.8) is 0 Å². The van der Waals surface area contributed by atoms with Gasteiger partial charge in [-0.3, -0.25) is 14.5 Å². The molecule has 0 saturated carbocycles. The molecule has 0 aliphatic carbocycles. The topological polar surface area (TPSA) is 91.9 Å². The van der Waals surface area contributed by atoms with Gasteiger partial charge in [-0.05, 0) is 55.3 Å². The molecule has 1 aliphatic heterocycles. The molecule has 1 unspecified atom stereocenters. The molecular weight excluding hydrogens is 456 g/mol. The Morgan fingerprint density at radius 1 is 1.03 bits per heavy atom. The van der Waals surface area contributed by atoms with Crippen molar-refractivity contribution in [2.45, 2.75) is 19.9 Å². The Bertz CT molecular complexity index is 1520. The summed E-state index contributed by atoms with van der Waals surface area (Å²) in [7, 11) is 1.53. The highest BCUT2D eigenvalue weighted by molar-refractivity contribution is 6.51. The first kappa shape index (κ1) is 23.2. The summed E-state index contributed by atoms with van der Waals surface area (Å²) in [6.07, 6.45) is 1.65. The molecule has 5 rings (SSSR count). The summed E-state index contributed by atoms with van der Waals surface area (Å²) >= 11 is 0. The number of ketones is 1. The molecule has 0 radical (unpaired) electrons. The van der Waals surface area contributed by atoms with Crippen LogP contribution in [0.3, 0.4) is 0 Å². The smallest absolute Gasteiger partial charge is 0.300 e. The number of ether oxygens (including phenoxy) is 2. The molecule has 1 saturated heterocycles. The summed E-state index contributed by atoms with van der Waals surface area (Å²) in [5.74, 6) is -0.681. The Morgan fingerprint density at radius 2 is 1.83 bits per heavy atom. The predicted molar refractivity (Wildman–Crippen MR) is 138 cm³/mol. The van der Waals surface area contributed by atoms with Crippen LogP contribution in [0.2, 0.25) is 0 Å². The first-order valence-electron chi connectivity index (χ1n) is 11.7. The van der Waals surface area contributed by atoms with Gasteiger partial charge in [0.2, 0.25) is 0 Å².